The Balaban J connectivity index is 1.17. The summed E-state index contributed by atoms with van der Waals surface area (Å²) in [4.78, 5) is 23.7. The fourth-order valence-electron chi connectivity index (χ4n) is 4.24. The number of unbranched alkanes of at least 4 members (excludes halogenated alkanes) is 3. The molecule has 0 N–H and O–H groups in total. The van der Waals surface area contributed by atoms with Gasteiger partial charge in [0.25, 0.3) is 0 Å². The summed E-state index contributed by atoms with van der Waals surface area (Å²) >= 11 is 0. The second-order valence-corrected chi connectivity index (χ2v) is 9.24. The smallest absolute Gasteiger partial charge is 0.338 e. The highest BCUT2D eigenvalue weighted by atomic mass is 17.2. The van der Waals surface area contributed by atoms with Gasteiger partial charge in [-0.05, 0) is 60.2 Å². The van der Waals surface area contributed by atoms with Crippen LogP contribution in [0.4, 0.5) is 0 Å². The molecule has 0 bridgehead atoms. The first-order valence-corrected chi connectivity index (χ1v) is 13.3. The number of fused-ring (bicyclic) bond motifs is 1. The summed E-state index contributed by atoms with van der Waals surface area (Å²) in [5.74, 6) is 10.2. The molecule has 2 heterocycles. The maximum Gasteiger partial charge on any atom is 0.338 e. The molecule has 40 heavy (non-hydrogen) atoms. The van der Waals surface area contributed by atoms with Gasteiger partial charge in [-0.1, -0.05) is 38.3 Å². The molecule has 0 aromatic heterocycles. The fraction of sp³-hybridized carbons (Fsp3) is 0.406. The van der Waals surface area contributed by atoms with Crippen LogP contribution < -0.4 is 9.47 Å². The Labute approximate surface area is 235 Å². The van der Waals surface area contributed by atoms with Crippen LogP contribution in [0, 0.1) is 36.2 Å². The van der Waals surface area contributed by atoms with Crippen molar-refractivity contribution in [3.05, 3.63) is 59.7 Å². The van der Waals surface area contributed by atoms with E-state index in [0.29, 0.717) is 11.3 Å². The molecule has 2 aliphatic rings. The third-order valence-corrected chi connectivity index (χ3v) is 6.34. The first kappa shape index (κ1) is 29.0. The van der Waals surface area contributed by atoms with Crippen molar-refractivity contribution in [2.45, 2.75) is 63.6 Å². The van der Waals surface area contributed by atoms with E-state index in [1.807, 2.05) is 24.3 Å². The highest BCUT2D eigenvalue weighted by Crippen LogP contribution is 2.31. The molecule has 4 rings (SSSR count). The van der Waals surface area contributed by atoms with Crippen LogP contribution in [-0.4, -0.2) is 50.2 Å². The Morgan fingerprint density at radius 1 is 0.900 bits per heavy atom. The minimum absolute atomic E-state index is 0.205. The van der Waals surface area contributed by atoms with Crippen molar-refractivity contribution in [2.75, 3.05) is 19.8 Å². The summed E-state index contributed by atoms with van der Waals surface area (Å²) in [5.41, 5.74) is 1.31. The van der Waals surface area contributed by atoms with Gasteiger partial charge in [0, 0.05) is 11.8 Å². The van der Waals surface area contributed by atoms with E-state index in [0.717, 1.165) is 24.3 Å². The van der Waals surface area contributed by atoms with Crippen molar-refractivity contribution in [3.8, 4) is 47.7 Å². The summed E-state index contributed by atoms with van der Waals surface area (Å²) in [6.45, 7) is 3.66. The number of esters is 1. The van der Waals surface area contributed by atoms with Crippen LogP contribution in [0.1, 0.15) is 48.5 Å². The topological polar surface area (TPSA) is 81.7 Å². The van der Waals surface area contributed by atoms with Crippen molar-refractivity contribution < 1.29 is 38.3 Å². The highest BCUT2D eigenvalue weighted by Gasteiger charge is 2.50. The number of benzene rings is 2. The largest absolute Gasteiger partial charge is 0.494 e. The lowest BCUT2D eigenvalue weighted by atomic mass is 10.1. The molecule has 0 saturated carbocycles. The number of carbonyl (C=O) groups is 1. The van der Waals surface area contributed by atoms with Crippen LogP contribution in [0.3, 0.4) is 0 Å². The van der Waals surface area contributed by atoms with E-state index in [4.69, 9.17) is 39.9 Å². The third-order valence-electron chi connectivity index (χ3n) is 6.34. The molecule has 0 aliphatic carbocycles. The van der Waals surface area contributed by atoms with Crippen molar-refractivity contribution in [1.29, 1.82) is 0 Å². The monoisotopic (exact) mass is 544 g/mol. The third kappa shape index (κ3) is 8.52. The molecule has 4 atom stereocenters. The van der Waals surface area contributed by atoms with Crippen molar-refractivity contribution in [3.63, 3.8) is 0 Å². The molecule has 2 fully saturated rings. The molecule has 0 amide bonds. The molecule has 2 saturated heterocycles. The van der Waals surface area contributed by atoms with E-state index in [9.17, 15) is 4.79 Å². The predicted octanol–water partition coefficient (Wildman–Crippen LogP) is 4.46. The first-order chi connectivity index (χ1) is 19.7. The van der Waals surface area contributed by atoms with E-state index in [2.05, 4.69) is 36.7 Å². The Morgan fingerprint density at radius 3 is 2.38 bits per heavy atom. The Hall–Kier alpha value is -3.97. The second-order valence-electron chi connectivity index (χ2n) is 9.24. The number of hydrogen-bond donors (Lipinski definition) is 0. The maximum absolute atomic E-state index is 12.7. The second kappa shape index (κ2) is 15.6. The van der Waals surface area contributed by atoms with Gasteiger partial charge in [-0.15, -0.1) is 6.42 Å². The zero-order valence-corrected chi connectivity index (χ0v) is 22.4. The molecule has 8 nitrogen and oxygen atoms in total. The molecule has 2 aliphatic heterocycles. The van der Waals surface area contributed by atoms with E-state index in [1.165, 1.54) is 19.3 Å². The van der Waals surface area contributed by atoms with E-state index in [-0.39, 0.29) is 19.8 Å². The summed E-state index contributed by atoms with van der Waals surface area (Å²) in [6, 6.07) is 14.1. The maximum atomic E-state index is 12.7. The zero-order chi connectivity index (χ0) is 28.0. The lowest BCUT2D eigenvalue weighted by Crippen LogP contribution is -2.35. The predicted molar refractivity (Wildman–Crippen MR) is 146 cm³/mol. The summed E-state index contributed by atoms with van der Waals surface area (Å²) < 4.78 is 28.3. The zero-order valence-electron chi connectivity index (χ0n) is 22.4. The minimum Gasteiger partial charge on any atom is -0.494 e. The van der Waals surface area contributed by atoms with Crippen LogP contribution in [0.25, 0.3) is 0 Å². The van der Waals surface area contributed by atoms with Crippen LogP contribution in [0.2, 0.25) is 0 Å². The molecule has 2 aromatic carbocycles. The van der Waals surface area contributed by atoms with Crippen LogP contribution in [0.5, 0.6) is 11.5 Å². The van der Waals surface area contributed by atoms with Gasteiger partial charge in [0.15, 0.2) is 6.10 Å². The normalized spacial score (nSPS) is 20.7. The van der Waals surface area contributed by atoms with Gasteiger partial charge in [-0.3, -0.25) is 0 Å². The van der Waals surface area contributed by atoms with Crippen molar-refractivity contribution in [1.82, 2.24) is 0 Å². The van der Waals surface area contributed by atoms with Gasteiger partial charge >= 0.3 is 5.97 Å². The summed E-state index contributed by atoms with van der Waals surface area (Å²) in [5, 5.41) is 0. The van der Waals surface area contributed by atoms with E-state index in [1.54, 1.807) is 24.3 Å². The Kier molecular flexibility index (Phi) is 11.3. The molecular weight excluding hydrogens is 512 g/mol. The van der Waals surface area contributed by atoms with E-state index < -0.39 is 30.4 Å². The lowest BCUT2D eigenvalue weighted by molar-refractivity contribution is -0.341. The molecule has 0 spiro atoms. The number of rotatable bonds is 13. The number of carbonyl (C=O) groups excluding carboxylic acids is 1. The van der Waals surface area contributed by atoms with Crippen LogP contribution >= 0.6 is 0 Å². The molecule has 8 heteroatoms. The molecule has 208 valence electrons. The molecule has 2 aromatic rings. The Bertz CT molecular complexity index is 1260. The number of hydrogen-bond acceptors (Lipinski definition) is 8. The SMILES string of the molecule is C#CC#CC#COc1ccc(C(=O)OC2CO[C@@H]3C(OOCc4ccc(OCCCCCC)cc4)CO[C@H]23)cc1. The summed E-state index contributed by atoms with van der Waals surface area (Å²) in [6.07, 6.45) is 10.3. The number of ether oxygens (including phenoxy) is 5. The average Bonchev–Trinajstić information content (AvgIpc) is 3.57. The van der Waals surface area contributed by atoms with Crippen molar-refractivity contribution >= 4 is 5.97 Å². The fourth-order valence-corrected chi connectivity index (χ4v) is 4.24. The molecular formula is C32H32O8. The van der Waals surface area contributed by atoms with Crippen molar-refractivity contribution in [2.24, 2.45) is 0 Å². The average molecular weight is 545 g/mol. The van der Waals surface area contributed by atoms with Gasteiger partial charge in [0.2, 0.25) is 0 Å². The van der Waals surface area contributed by atoms with Gasteiger partial charge < -0.3 is 23.7 Å². The van der Waals surface area contributed by atoms with Gasteiger partial charge in [-0.2, -0.15) is 0 Å². The minimum atomic E-state index is -0.558. The molecule has 0 radical (unpaired) electrons. The Morgan fingerprint density at radius 2 is 1.62 bits per heavy atom. The van der Waals surface area contributed by atoms with Gasteiger partial charge in [-0.25, -0.2) is 14.6 Å². The van der Waals surface area contributed by atoms with Crippen LogP contribution in [-0.2, 0) is 30.6 Å². The number of terminal acetylenes is 1. The van der Waals surface area contributed by atoms with Crippen LogP contribution in [0.15, 0.2) is 48.5 Å². The summed E-state index contributed by atoms with van der Waals surface area (Å²) in [7, 11) is 0. The van der Waals surface area contributed by atoms with Gasteiger partial charge in [0.05, 0.1) is 25.4 Å². The quantitative estimate of drug-likeness (QED) is 0.120. The highest BCUT2D eigenvalue weighted by molar-refractivity contribution is 5.89. The lowest BCUT2D eigenvalue weighted by Gasteiger charge is -2.17. The van der Waals surface area contributed by atoms with Gasteiger partial charge in [0.1, 0.15) is 42.5 Å². The first-order valence-electron chi connectivity index (χ1n) is 13.3. The molecule has 2 unspecified atom stereocenters. The standard InChI is InChI=1S/C32H32O8/c1-3-5-7-9-19-34-26-15-11-24(12-16-26)21-38-40-29-23-37-30-28(22-36-31(29)30)39-32(33)25-13-17-27(18-14-25)35-20-10-8-6-4-2/h2,11-18,28-31H,3,5,7,9,19,21-23H2,1H3/t28?,29?,30-,31-/m1/s1. The van der Waals surface area contributed by atoms with E-state index >= 15 is 0 Å².